The monoisotopic (exact) mass is 275 g/mol. The fourth-order valence-corrected chi connectivity index (χ4v) is 3.72. The van der Waals surface area contributed by atoms with E-state index in [9.17, 15) is 0 Å². The zero-order valence-electron chi connectivity index (χ0n) is 12.1. The van der Waals surface area contributed by atoms with Gasteiger partial charge in [0.05, 0.1) is 0 Å². The average Bonchev–Trinajstić information content (AvgIpc) is 2.86. The molecular weight excluding hydrogens is 250 g/mol. The lowest BCUT2D eigenvalue weighted by atomic mass is 10.1. The summed E-state index contributed by atoms with van der Waals surface area (Å²) < 4.78 is 1.41. The summed E-state index contributed by atoms with van der Waals surface area (Å²) in [5.74, 6) is 0. The van der Waals surface area contributed by atoms with Crippen LogP contribution in [0.1, 0.15) is 56.9 Å². The number of hydrogen-bond acceptors (Lipinski definition) is 2. The molecule has 0 bridgehead atoms. The summed E-state index contributed by atoms with van der Waals surface area (Å²) >= 11 is 1.95. The van der Waals surface area contributed by atoms with Gasteiger partial charge in [-0.2, -0.15) is 0 Å². The van der Waals surface area contributed by atoms with Crippen molar-refractivity contribution >= 4 is 21.4 Å². The van der Waals surface area contributed by atoms with Crippen LogP contribution in [-0.2, 0) is 0 Å². The quantitative estimate of drug-likeness (QED) is 0.625. The molecule has 1 aromatic heterocycles. The van der Waals surface area contributed by atoms with E-state index in [0.717, 1.165) is 6.54 Å². The Morgan fingerprint density at radius 3 is 2.68 bits per heavy atom. The zero-order chi connectivity index (χ0) is 13.5. The van der Waals surface area contributed by atoms with Crippen molar-refractivity contribution in [3.63, 3.8) is 0 Å². The molecule has 0 saturated carbocycles. The lowest BCUT2D eigenvalue weighted by Gasteiger charge is -2.16. The SMILES string of the molecule is CCCCCCC(NCC)c1cc2ccccc2s1. The molecule has 0 aliphatic rings. The molecular formula is C17H25NS. The molecule has 1 heterocycles. The Kier molecular flexibility index (Phi) is 5.87. The van der Waals surface area contributed by atoms with Crippen molar-refractivity contribution in [2.24, 2.45) is 0 Å². The summed E-state index contributed by atoms with van der Waals surface area (Å²) in [5.41, 5.74) is 0. The average molecular weight is 275 g/mol. The molecule has 0 aliphatic heterocycles. The van der Waals surface area contributed by atoms with Crippen LogP contribution >= 0.6 is 11.3 Å². The van der Waals surface area contributed by atoms with Crippen molar-refractivity contribution in [3.05, 3.63) is 35.2 Å². The van der Waals surface area contributed by atoms with Crippen molar-refractivity contribution in [2.45, 2.75) is 52.0 Å². The summed E-state index contributed by atoms with van der Waals surface area (Å²) in [4.78, 5) is 1.50. The van der Waals surface area contributed by atoms with E-state index < -0.39 is 0 Å². The van der Waals surface area contributed by atoms with E-state index in [0.29, 0.717) is 6.04 Å². The fraction of sp³-hybridized carbons (Fsp3) is 0.529. The molecule has 2 aromatic rings. The van der Waals surface area contributed by atoms with Crippen molar-refractivity contribution in [2.75, 3.05) is 6.54 Å². The van der Waals surface area contributed by atoms with Crippen LogP contribution in [0.4, 0.5) is 0 Å². The maximum atomic E-state index is 3.65. The van der Waals surface area contributed by atoms with Gasteiger partial charge in [0.25, 0.3) is 0 Å². The number of nitrogens with one attached hydrogen (secondary N) is 1. The predicted molar refractivity (Wildman–Crippen MR) is 87.0 cm³/mol. The Balaban J connectivity index is 2.04. The Hall–Kier alpha value is -0.860. The van der Waals surface area contributed by atoms with E-state index in [1.165, 1.54) is 47.1 Å². The van der Waals surface area contributed by atoms with Gasteiger partial charge in [0.1, 0.15) is 0 Å². The second-order valence-corrected chi connectivity index (χ2v) is 6.26. The maximum absolute atomic E-state index is 3.65. The van der Waals surface area contributed by atoms with Gasteiger partial charge in [-0.25, -0.2) is 0 Å². The van der Waals surface area contributed by atoms with Crippen LogP contribution in [-0.4, -0.2) is 6.54 Å². The summed E-state index contributed by atoms with van der Waals surface area (Å²) in [6.45, 7) is 5.52. The maximum Gasteiger partial charge on any atom is 0.0415 e. The molecule has 104 valence electrons. The lowest BCUT2D eigenvalue weighted by molar-refractivity contribution is 0.488. The van der Waals surface area contributed by atoms with E-state index in [1.807, 2.05) is 11.3 Å². The first-order valence-corrected chi connectivity index (χ1v) is 8.38. The summed E-state index contributed by atoms with van der Waals surface area (Å²) in [6, 6.07) is 11.6. The second kappa shape index (κ2) is 7.66. The molecule has 0 saturated heterocycles. The Labute approximate surface area is 121 Å². The van der Waals surface area contributed by atoms with E-state index >= 15 is 0 Å². The Bertz CT molecular complexity index is 456. The van der Waals surface area contributed by atoms with Crippen LogP contribution < -0.4 is 5.32 Å². The Morgan fingerprint density at radius 2 is 1.95 bits per heavy atom. The predicted octanol–water partition coefficient (Wildman–Crippen LogP) is 5.52. The van der Waals surface area contributed by atoms with Gasteiger partial charge in [0.15, 0.2) is 0 Å². The van der Waals surface area contributed by atoms with Gasteiger partial charge < -0.3 is 5.32 Å². The molecule has 0 fully saturated rings. The van der Waals surface area contributed by atoms with Crippen LogP contribution in [0.25, 0.3) is 10.1 Å². The molecule has 1 aromatic carbocycles. The highest BCUT2D eigenvalue weighted by molar-refractivity contribution is 7.19. The zero-order valence-corrected chi connectivity index (χ0v) is 12.9. The van der Waals surface area contributed by atoms with E-state index in [1.54, 1.807) is 0 Å². The van der Waals surface area contributed by atoms with Gasteiger partial charge in [-0.15, -0.1) is 11.3 Å². The van der Waals surface area contributed by atoms with Gasteiger partial charge in [0.2, 0.25) is 0 Å². The minimum absolute atomic E-state index is 0.541. The molecule has 1 nitrogen and oxygen atoms in total. The van der Waals surface area contributed by atoms with Gasteiger partial charge in [-0.3, -0.25) is 0 Å². The molecule has 0 radical (unpaired) electrons. The number of thiophene rings is 1. The van der Waals surface area contributed by atoms with Gasteiger partial charge in [-0.05, 0) is 30.5 Å². The first-order valence-electron chi connectivity index (χ1n) is 7.57. The Morgan fingerprint density at radius 1 is 1.11 bits per heavy atom. The van der Waals surface area contributed by atoms with Crippen LogP contribution in [0.2, 0.25) is 0 Å². The first-order chi connectivity index (χ1) is 9.35. The highest BCUT2D eigenvalue weighted by Gasteiger charge is 2.12. The molecule has 2 heteroatoms. The highest BCUT2D eigenvalue weighted by Crippen LogP contribution is 2.32. The molecule has 0 amide bonds. The van der Waals surface area contributed by atoms with Crippen LogP contribution in [0.3, 0.4) is 0 Å². The molecule has 1 atom stereocenters. The normalized spacial score (nSPS) is 12.9. The topological polar surface area (TPSA) is 12.0 Å². The molecule has 0 spiro atoms. The van der Waals surface area contributed by atoms with Crippen molar-refractivity contribution in [1.29, 1.82) is 0 Å². The van der Waals surface area contributed by atoms with Crippen LogP contribution in [0.5, 0.6) is 0 Å². The fourth-order valence-electron chi connectivity index (χ4n) is 2.54. The number of hydrogen-bond donors (Lipinski definition) is 1. The van der Waals surface area contributed by atoms with E-state index in [4.69, 9.17) is 0 Å². The summed E-state index contributed by atoms with van der Waals surface area (Å²) in [7, 11) is 0. The number of rotatable bonds is 8. The molecule has 1 N–H and O–H groups in total. The number of unbranched alkanes of at least 4 members (excludes halogenated alkanes) is 3. The minimum atomic E-state index is 0.541. The summed E-state index contributed by atoms with van der Waals surface area (Å²) in [6.07, 6.45) is 6.64. The van der Waals surface area contributed by atoms with Crippen LogP contribution in [0, 0.1) is 0 Å². The molecule has 1 unspecified atom stereocenters. The van der Waals surface area contributed by atoms with Crippen molar-refractivity contribution in [1.82, 2.24) is 5.32 Å². The highest BCUT2D eigenvalue weighted by atomic mass is 32.1. The van der Waals surface area contributed by atoms with Crippen molar-refractivity contribution in [3.8, 4) is 0 Å². The van der Waals surface area contributed by atoms with Gasteiger partial charge >= 0.3 is 0 Å². The molecule has 2 rings (SSSR count). The third-order valence-electron chi connectivity index (χ3n) is 3.58. The number of benzene rings is 1. The van der Waals surface area contributed by atoms with Gasteiger partial charge in [-0.1, -0.05) is 57.7 Å². The molecule has 0 aliphatic carbocycles. The van der Waals surface area contributed by atoms with E-state index in [2.05, 4.69) is 49.5 Å². The lowest BCUT2D eigenvalue weighted by Crippen LogP contribution is -2.19. The van der Waals surface area contributed by atoms with E-state index in [-0.39, 0.29) is 0 Å². The number of fused-ring (bicyclic) bond motifs is 1. The third kappa shape index (κ3) is 4.05. The standard InChI is InChI=1S/C17H25NS/c1-3-5-6-7-11-15(18-4-2)17-13-14-10-8-9-12-16(14)19-17/h8-10,12-13,15,18H,3-7,11H2,1-2H3. The van der Waals surface area contributed by atoms with Crippen LogP contribution in [0.15, 0.2) is 30.3 Å². The largest absolute Gasteiger partial charge is 0.310 e. The second-order valence-electron chi connectivity index (χ2n) is 5.15. The van der Waals surface area contributed by atoms with Gasteiger partial charge in [0, 0.05) is 15.6 Å². The minimum Gasteiger partial charge on any atom is -0.310 e. The molecule has 19 heavy (non-hydrogen) atoms. The third-order valence-corrected chi connectivity index (χ3v) is 4.81. The smallest absolute Gasteiger partial charge is 0.0415 e. The first kappa shape index (κ1) is 14.5. The summed E-state index contributed by atoms with van der Waals surface area (Å²) in [5, 5.41) is 5.04. The van der Waals surface area contributed by atoms with Crippen molar-refractivity contribution < 1.29 is 0 Å².